The Bertz CT molecular complexity index is 728. The molecule has 0 saturated carbocycles. The van der Waals surface area contributed by atoms with Crippen molar-refractivity contribution in [3.63, 3.8) is 0 Å². The Morgan fingerprint density at radius 2 is 1.88 bits per heavy atom. The van der Waals surface area contributed by atoms with E-state index < -0.39 is 0 Å². The molecule has 2 amide bonds. The van der Waals surface area contributed by atoms with Crippen LogP contribution in [0.15, 0.2) is 54.6 Å². The molecule has 1 fully saturated rings. The Kier molecular flexibility index (Phi) is 5.33. The monoisotopic (exact) mass is 338 g/mol. The van der Waals surface area contributed by atoms with E-state index in [1.165, 1.54) is 0 Å². The maximum absolute atomic E-state index is 12.0. The van der Waals surface area contributed by atoms with Gasteiger partial charge in [0.25, 0.3) is 5.91 Å². The highest BCUT2D eigenvalue weighted by atomic mass is 16.5. The fourth-order valence-corrected chi connectivity index (χ4v) is 2.90. The fourth-order valence-electron chi connectivity index (χ4n) is 2.90. The summed E-state index contributed by atoms with van der Waals surface area (Å²) in [5.41, 5.74) is 1.92. The minimum Gasteiger partial charge on any atom is -0.484 e. The molecule has 2 aromatic carbocycles. The van der Waals surface area contributed by atoms with Gasteiger partial charge in [0.05, 0.1) is 6.04 Å². The van der Waals surface area contributed by atoms with E-state index in [1.807, 2.05) is 49.4 Å². The van der Waals surface area contributed by atoms with Crippen LogP contribution in [0.25, 0.3) is 0 Å². The zero-order chi connectivity index (χ0) is 17.6. The summed E-state index contributed by atoms with van der Waals surface area (Å²) in [6.45, 7) is 2.66. The lowest BCUT2D eigenvalue weighted by Gasteiger charge is -2.16. The summed E-state index contributed by atoms with van der Waals surface area (Å²) in [6, 6.07) is 17.0. The van der Waals surface area contributed by atoms with Crippen LogP contribution in [0.2, 0.25) is 0 Å². The first-order chi connectivity index (χ1) is 12.1. The molecular weight excluding hydrogens is 316 g/mol. The molecule has 5 heteroatoms. The molecular formula is C20H22N2O3. The Morgan fingerprint density at radius 3 is 2.52 bits per heavy atom. The van der Waals surface area contributed by atoms with Gasteiger partial charge in [0.2, 0.25) is 5.91 Å². The molecule has 1 atom stereocenters. The first-order valence-electron chi connectivity index (χ1n) is 8.51. The molecule has 3 rings (SSSR count). The van der Waals surface area contributed by atoms with Crippen molar-refractivity contribution >= 4 is 17.5 Å². The van der Waals surface area contributed by atoms with Crippen LogP contribution in [0, 0.1) is 0 Å². The van der Waals surface area contributed by atoms with Gasteiger partial charge < -0.3 is 15.0 Å². The predicted molar refractivity (Wildman–Crippen MR) is 96.5 cm³/mol. The number of ether oxygens (including phenoxy) is 1. The average Bonchev–Trinajstić information content (AvgIpc) is 3.07. The van der Waals surface area contributed by atoms with Crippen LogP contribution >= 0.6 is 0 Å². The molecule has 2 aromatic rings. The minimum absolute atomic E-state index is 0.0425. The number of benzene rings is 2. The summed E-state index contributed by atoms with van der Waals surface area (Å²) in [5, 5.41) is 2.91. The Morgan fingerprint density at radius 1 is 1.16 bits per heavy atom. The van der Waals surface area contributed by atoms with Gasteiger partial charge >= 0.3 is 0 Å². The standard InChI is InChI=1S/C20H22N2O3/c1-15(16-6-3-2-4-7-16)21-19(23)14-25-18-11-9-17(10-12-18)22-13-5-8-20(22)24/h2-4,6-7,9-12,15H,5,8,13-14H2,1H3,(H,21,23). The summed E-state index contributed by atoms with van der Waals surface area (Å²) >= 11 is 0. The molecule has 1 N–H and O–H groups in total. The number of amides is 2. The van der Waals surface area contributed by atoms with Gasteiger partial charge in [0.1, 0.15) is 5.75 Å². The van der Waals surface area contributed by atoms with Crippen LogP contribution in [-0.2, 0) is 9.59 Å². The maximum Gasteiger partial charge on any atom is 0.258 e. The van der Waals surface area contributed by atoms with E-state index in [1.54, 1.807) is 17.0 Å². The van der Waals surface area contributed by atoms with Gasteiger partial charge in [-0.3, -0.25) is 9.59 Å². The molecule has 25 heavy (non-hydrogen) atoms. The molecule has 0 spiro atoms. The number of hydrogen-bond donors (Lipinski definition) is 1. The lowest BCUT2D eigenvalue weighted by molar-refractivity contribution is -0.123. The summed E-state index contributed by atoms with van der Waals surface area (Å²) in [7, 11) is 0. The van der Waals surface area contributed by atoms with Crippen LogP contribution in [0.4, 0.5) is 5.69 Å². The number of rotatable bonds is 6. The second-order valence-electron chi connectivity index (χ2n) is 6.13. The zero-order valence-electron chi connectivity index (χ0n) is 14.3. The van der Waals surface area contributed by atoms with Crippen molar-refractivity contribution in [1.82, 2.24) is 5.32 Å². The molecule has 1 saturated heterocycles. The van der Waals surface area contributed by atoms with E-state index >= 15 is 0 Å². The van der Waals surface area contributed by atoms with E-state index in [9.17, 15) is 9.59 Å². The summed E-state index contributed by atoms with van der Waals surface area (Å²) < 4.78 is 5.53. The molecule has 130 valence electrons. The third-order valence-electron chi connectivity index (χ3n) is 4.27. The summed E-state index contributed by atoms with van der Waals surface area (Å²) in [4.78, 5) is 25.5. The van der Waals surface area contributed by atoms with Gasteiger partial charge in [0, 0.05) is 18.7 Å². The normalized spacial score (nSPS) is 15.1. The lowest BCUT2D eigenvalue weighted by atomic mass is 10.1. The van der Waals surface area contributed by atoms with Gasteiger partial charge in [-0.25, -0.2) is 0 Å². The largest absolute Gasteiger partial charge is 0.484 e. The maximum atomic E-state index is 12.0. The number of carbonyl (C=O) groups excluding carboxylic acids is 2. The van der Waals surface area contributed by atoms with Crippen LogP contribution in [0.1, 0.15) is 31.4 Å². The van der Waals surface area contributed by atoms with Gasteiger partial charge in [0.15, 0.2) is 6.61 Å². The third kappa shape index (κ3) is 4.38. The predicted octanol–water partition coefficient (Wildman–Crippen LogP) is 3.07. The number of nitrogens with zero attached hydrogens (tertiary/aromatic N) is 1. The summed E-state index contributed by atoms with van der Waals surface area (Å²) in [5.74, 6) is 0.594. The highest BCUT2D eigenvalue weighted by molar-refractivity contribution is 5.95. The van der Waals surface area contributed by atoms with E-state index in [0.717, 1.165) is 24.2 Å². The van der Waals surface area contributed by atoms with Crippen molar-refractivity contribution in [1.29, 1.82) is 0 Å². The van der Waals surface area contributed by atoms with Crippen molar-refractivity contribution in [2.75, 3.05) is 18.1 Å². The van der Waals surface area contributed by atoms with Crippen LogP contribution in [0.3, 0.4) is 0 Å². The molecule has 1 aliphatic heterocycles. The molecule has 1 aliphatic rings. The Hall–Kier alpha value is -2.82. The molecule has 1 heterocycles. The van der Waals surface area contributed by atoms with Crippen molar-refractivity contribution in [3.8, 4) is 5.75 Å². The number of anilines is 1. The van der Waals surface area contributed by atoms with Crippen molar-refractivity contribution in [2.45, 2.75) is 25.8 Å². The third-order valence-corrected chi connectivity index (χ3v) is 4.27. The number of nitrogens with one attached hydrogen (secondary N) is 1. The fraction of sp³-hybridized carbons (Fsp3) is 0.300. The minimum atomic E-state index is -0.171. The van der Waals surface area contributed by atoms with Crippen LogP contribution < -0.4 is 15.0 Å². The second-order valence-corrected chi connectivity index (χ2v) is 6.13. The zero-order valence-corrected chi connectivity index (χ0v) is 14.3. The van der Waals surface area contributed by atoms with Crippen LogP contribution in [0.5, 0.6) is 5.75 Å². The quantitative estimate of drug-likeness (QED) is 0.881. The molecule has 0 aliphatic carbocycles. The van der Waals surface area contributed by atoms with Crippen molar-refractivity contribution in [2.24, 2.45) is 0 Å². The first kappa shape index (κ1) is 17.0. The molecule has 1 unspecified atom stereocenters. The van der Waals surface area contributed by atoms with Crippen molar-refractivity contribution in [3.05, 3.63) is 60.2 Å². The Labute approximate surface area is 147 Å². The Balaban J connectivity index is 1.49. The highest BCUT2D eigenvalue weighted by Gasteiger charge is 2.21. The number of carbonyl (C=O) groups is 2. The first-order valence-corrected chi connectivity index (χ1v) is 8.51. The van der Waals surface area contributed by atoms with E-state index in [0.29, 0.717) is 12.2 Å². The molecule has 0 aromatic heterocycles. The van der Waals surface area contributed by atoms with Gasteiger partial charge in [-0.15, -0.1) is 0 Å². The molecule has 0 bridgehead atoms. The average molecular weight is 338 g/mol. The molecule has 0 radical (unpaired) electrons. The SMILES string of the molecule is CC(NC(=O)COc1ccc(N2CCCC2=O)cc1)c1ccccc1. The topological polar surface area (TPSA) is 58.6 Å². The van der Waals surface area contributed by atoms with Gasteiger partial charge in [-0.2, -0.15) is 0 Å². The van der Waals surface area contributed by atoms with Crippen LogP contribution in [-0.4, -0.2) is 25.0 Å². The van der Waals surface area contributed by atoms with E-state index in [2.05, 4.69) is 5.32 Å². The van der Waals surface area contributed by atoms with Gasteiger partial charge in [-0.1, -0.05) is 30.3 Å². The molecule has 5 nitrogen and oxygen atoms in total. The summed E-state index contributed by atoms with van der Waals surface area (Å²) in [6.07, 6.45) is 1.51. The highest BCUT2D eigenvalue weighted by Crippen LogP contribution is 2.23. The van der Waals surface area contributed by atoms with Gasteiger partial charge in [-0.05, 0) is 43.2 Å². The van der Waals surface area contributed by atoms with Crippen molar-refractivity contribution < 1.29 is 14.3 Å². The smallest absolute Gasteiger partial charge is 0.258 e. The van der Waals surface area contributed by atoms with E-state index in [4.69, 9.17) is 4.74 Å². The number of hydrogen-bond acceptors (Lipinski definition) is 3. The van der Waals surface area contributed by atoms with E-state index in [-0.39, 0.29) is 24.5 Å². The lowest BCUT2D eigenvalue weighted by Crippen LogP contribution is -2.31. The second kappa shape index (κ2) is 7.83.